The number of anilines is 1. The second-order valence-corrected chi connectivity index (χ2v) is 7.46. The van der Waals surface area contributed by atoms with Crippen molar-refractivity contribution in [1.29, 1.82) is 5.26 Å². The van der Waals surface area contributed by atoms with Gasteiger partial charge >= 0.3 is 0 Å². The van der Waals surface area contributed by atoms with Crippen LogP contribution in [0.15, 0.2) is 72.8 Å². The monoisotopic (exact) mass is 412 g/mol. The molecule has 0 unspecified atom stereocenters. The summed E-state index contributed by atoms with van der Waals surface area (Å²) in [4.78, 5) is 27.0. The van der Waals surface area contributed by atoms with Crippen molar-refractivity contribution in [3.05, 3.63) is 101 Å². The zero-order chi connectivity index (χ0) is 22.2. The molecule has 31 heavy (non-hydrogen) atoms. The van der Waals surface area contributed by atoms with Crippen LogP contribution in [0.4, 0.5) is 5.69 Å². The van der Waals surface area contributed by atoms with Crippen molar-refractivity contribution in [3.8, 4) is 6.07 Å². The van der Waals surface area contributed by atoms with Crippen LogP contribution in [0, 0.1) is 11.3 Å². The molecule has 0 atom stereocenters. The first-order chi connectivity index (χ1) is 14.9. The van der Waals surface area contributed by atoms with E-state index in [1.807, 2.05) is 50.5 Å². The van der Waals surface area contributed by atoms with Crippen LogP contribution in [0.3, 0.4) is 0 Å². The molecule has 0 spiro atoms. The molecule has 0 aromatic heterocycles. The van der Waals surface area contributed by atoms with Gasteiger partial charge in [-0.15, -0.1) is 0 Å². The number of amides is 2. The van der Waals surface area contributed by atoms with E-state index in [1.165, 1.54) is 5.56 Å². The maximum atomic E-state index is 12.6. The summed E-state index contributed by atoms with van der Waals surface area (Å²) in [7, 11) is 4.02. The van der Waals surface area contributed by atoms with E-state index in [1.54, 1.807) is 42.5 Å². The van der Waals surface area contributed by atoms with Crippen molar-refractivity contribution >= 4 is 17.5 Å². The van der Waals surface area contributed by atoms with Crippen molar-refractivity contribution in [2.24, 2.45) is 0 Å². The molecule has 0 radical (unpaired) electrons. The van der Waals surface area contributed by atoms with E-state index in [-0.39, 0.29) is 18.4 Å². The number of hydrogen-bond acceptors (Lipinski definition) is 4. The highest BCUT2D eigenvalue weighted by molar-refractivity contribution is 6.04. The summed E-state index contributed by atoms with van der Waals surface area (Å²) < 4.78 is 0. The highest BCUT2D eigenvalue weighted by atomic mass is 16.2. The largest absolute Gasteiger partial charge is 0.348 e. The Morgan fingerprint density at radius 2 is 1.55 bits per heavy atom. The van der Waals surface area contributed by atoms with Gasteiger partial charge in [-0.1, -0.05) is 30.3 Å². The van der Waals surface area contributed by atoms with Crippen LogP contribution in [0.5, 0.6) is 0 Å². The van der Waals surface area contributed by atoms with Gasteiger partial charge in [0.15, 0.2) is 0 Å². The summed E-state index contributed by atoms with van der Waals surface area (Å²) in [6, 6.07) is 23.4. The van der Waals surface area contributed by atoms with E-state index in [2.05, 4.69) is 15.5 Å². The van der Waals surface area contributed by atoms with Gasteiger partial charge in [0.25, 0.3) is 11.8 Å². The topological polar surface area (TPSA) is 85.2 Å². The van der Waals surface area contributed by atoms with Crippen LogP contribution in [0.1, 0.15) is 37.4 Å². The van der Waals surface area contributed by atoms with Crippen molar-refractivity contribution in [1.82, 2.24) is 10.2 Å². The van der Waals surface area contributed by atoms with Crippen molar-refractivity contribution in [2.45, 2.75) is 13.1 Å². The van der Waals surface area contributed by atoms with Crippen molar-refractivity contribution < 1.29 is 9.59 Å². The summed E-state index contributed by atoms with van der Waals surface area (Å²) in [6.45, 7) is 1.11. The smallest absolute Gasteiger partial charge is 0.255 e. The van der Waals surface area contributed by atoms with Crippen LogP contribution < -0.4 is 10.6 Å². The Bertz CT molecular complexity index is 1110. The molecule has 0 aliphatic heterocycles. The van der Waals surface area contributed by atoms with Crippen LogP contribution in [0.2, 0.25) is 0 Å². The number of rotatable bonds is 7. The van der Waals surface area contributed by atoms with Gasteiger partial charge in [0, 0.05) is 29.9 Å². The maximum Gasteiger partial charge on any atom is 0.255 e. The van der Waals surface area contributed by atoms with E-state index >= 15 is 0 Å². The van der Waals surface area contributed by atoms with Crippen molar-refractivity contribution in [2.75, 3.05) is 19.4 Å². The number of carbonyl (C=O) groups excluding carboxylic acids is 2. The van der Waals surface area contributed by atoms with E-state index in [0.717, 1.165) is 17.8 Å². The average Bonchev–Trinajstić information content (AvgIpc) is 2.78. The first-order valence-electron chi connectivity index (χ1n) is 9.87. The average molecular weight is 412 g/mol. The number of hydrogen-bond donors (Lipinski definition) is 2. The molecule has 0 saturated heterocycles. The molecule has 156 valence electrons. The molecule has 0 saturated carbocycles. The molecule has 3 aromatic rings. The molecule has 0 aliphatic rings. The van der Waals surface area contributed by atoms with Gasteiger partial charge in [-0.3, -0.25) is 9.59 Å². The molecule has 6 nitrogen and oxygen atoms in total. The lowest BCUT2D eigenvalue weighted by atomic mass is 10.1. The molecular formula is C25H24N4O2. The van der Waals surface area contributed by atoms with Gasteiger partial charge in [-0.2, -0.15) is 5.26 Å². The van der Waals surface area contributed by atoms with Gasteiger partial charge in [0.1, 0.15) is 0 Å². The molecule has 2 N–H and O–H groups in total. The first kappa shape index (κ1) is 21.8. The Morgan fingerprint density at radius 3 is 2.23 bits per heavy atom. The molecule has 3 rings (SSSR count). The van der Waals surface area contributed by atoms with Crippen LogP contribution in [0.25, 0.3) is 0 Å². The standard InChI is InChI=1S/C25H24N4O2/c1-29(2)17-18-9-11-23(12-10-18)28-25(31)22-8-4-6-20(14-22)16-27-24(30)21-7-3-5-19(13-21)15-26/h3-14H,16-17H2,1-2H3,(H,27,30)(H,28,31). The quantitative estimate of drug-likeness (QED) is 0.618. The molecule has 2 amide bonds. The van der Waals surface area contributed by atoms with Crippen LogP contribution >= 0.6 is 0 Å². The Morgan fingerprint density at radius 1 is 0.871 bits per heavy atom. The van der Waals surface area contributed by atoms with Gasteiger partial charge < -0.3 is 15.5 Å². The Hall–Kier alpha value is -3.95. The Balaban J connectivity index is 1.61. The van der Waals surface area contributed by atoms with Gasteiger partial charge in [-0.05, 0) is 67.7 Å². The second-order valence-electron chi connectivity index (χ2n) is 7.46. The van der Waals surface area contributed by atoms with Gasteiger partial charge in [-0.25, -0.2) is 0 Å². The summed E-state index contributed by atoms with van der Waals surface area (Å²) in [5.41, 5.74) is 4.06. The molecule has 0 heterocycles. The third kappa shape index (κ3) is 6.26. The third-order valence-electron chi connectivity index (χ3n) is 4.61. The van der Waals surface area contributed by atoms with Gasteiger partial charge in [0.05, 0.1) is 11.6 Å². The SMILES string of the molecule is CN(C)Cc1ccc(NC(=O)c2cccc(CNC(=O)c3cccc(C#N)c3)c2)cc1. The normalized spacial score (nSPS) is 10.4. The molecule has 3 aromatic carbocycles. The number of benzene rings is 3. The number of carbonyl (C=O) groups is 2. The Labute approximate surface area is 182 Å². The van der Waals surface area contributed by atoms with E-state index in [4.69, 9.17) is 5.26 Å². The Kier molecular flexibility index (Phi) is 7.15. The fourth-order valence-electron chi connectivity index (χ4n) is 3.10. The van der Waals surface area contributed by atoms with E-state index in [0.29, 0.717) is 16.7 Å². The molecule has 6 heteroatoms. The first-order valence-corrected chi connectivity index (χ1v) is 9.87. The zero-order valence-corrected chi connectivity index (χ0v) is 17.6. The highest BCUT2D eigenvalue weighted by Crippen LogP contribution is 2.13. The summed E-state index contributed by atoms with van der Waals surface area (Å²) in [6.07, 6.45) is 0. The number of nitrogens with one attached hydrogen (secondary N) is 2. The lowest BCUT2D eigenvalue weighted by Crippen LogP contribution is -2.23. The second kappa shape index (κ2) is 10.2. The third-order valence-corrected chi connectivity index (χ3v) is 4.61. The minimum Gasteiger partial charge on any atom is -0.348 e. The lowest BCUT2D eigenvalue weighted by Gasteiger charge is -2.11. The fourth-order valence-corrected chi connectivity index (χ4v) is 3.10. The number of nitriles is 1. The summed E-state index contributed by atoms with van der Waals surface area (Å²) >= 11 is 0. The lowest BCUT2D eigenvalue weighted by molar-refractivity contribution is 0.0950. The maximum absolute atomic E-state index is 12.6. The predicted molar refractivity (Wildman–Crippen MR) is 121 cm³/mol. The highest BCUT2D eigenvalue weighted by Gasteiger charge is 2.09. The zero-order valence-electron chi connectivity index (χ0n) is 17.6. The molecule has 0 fully saturated rings. The van der Waals surface area contributed by atoms with E-state index in [9.17, 15) is 9.59 Å². The number of nitrogens with zero attached hydrogens (tertiary/aromatic N) is 2. The summed E-state index contributed by atoms with van der Waals surface area (Å²) in [5, 5.41) is 14.7. The molecular weight excluding hydrogens is 388 g/mol. The minimum absolute atomic E-state index is 0.213. The predicted octanol–water partition coefficient (Wildman–Crippen LogP) is 3.80. The molecule has 0 aliphatic carbocycles. The van der Waals surface area contributed by atoms with Gasteiger partial charge in [0.2, 0.25) is 0 Å². The minimum atomic E-state index is -0.273. The van der Waals surface area contributed by atoms with Crippen molar-refractivity contribution in [3.63, 3.8) is 0 Å². The van der Waals surface area contributed by atoms with E-state index < -0.39 is 0 Å². The summed E-state index contributed by atoms with van der Waals surface area (Å²) in [5.74, 6) is -0.486. The molecule has 0 bridgehead atoms. The fraction of sp³-hybridized carbons (Fsp3) is 0.160. The van der Waals surface area contributed by atoms with Crippen LogP contribution in [-0.2, 0) is 13.1 Å². The van der Waals surface area contributed by atoms with Crippen LogP contribution in [-0.4, -0.2) is 30.8 Å².